The van der Waals surface area contributed by atoms with E-state index >= 15 is 0 Å². The lowest BCUT2D eigenvalue weighted by atomic mass is 10.0. The first kappa shape index (κ1) is 17.9. The molecule has 4 rings (SSSR count). The Labute approximate surface area is 159 Å². The van der Waals surface area contributed by atoms with Crippen molar-refractivity contribution in [3.05, 3.63) is 59.5 Å². The number of aromatic nitrogens is 1. The van der Waals surface area contributed by atoms with Crippen molar-refractivity contribution < 1.29 is 9.21 Å². The minimum absolute atomic E-state index is 0.00223. The predicted octanol–water partition coefficient (Wildman–Crippen LogP) is 3.96. The summed E-state index contributed by atoms with van der Waals surface area (Å²) in [5.74, 6) is 0.877. The second kappa shape index (κ2) is 7.61. The average molecular weight is 365 g/mol. The quantitative estimate of drug-likeness (QED) is 0.745. The van der Waals surface area contributed by atoms with Gasteiger partial charge in [-0.1, -0.05) is 30.3 Å². The average Bonchev–Trinajstić information content (AvgIpc) is 3.20. The number of fused-ring (bicyclic) bond motifs is 1. The molecule has 0 unspecified atom stereocenters. The number of benzene rings is 1. The van der Waals surface area contributed by atoms with Crippen LogP contribution < -0.4 is 5.32 Å². The largest absolute Gasteiger partial charge is 0.460 e. The van der Waals surface area contributed by atoms with Crippen LogP contribution in [0.3, 0.4) is 0 Å². The maximum atomic E-state index is 12.8. The third-order valence-electron chi connectivity index (χ3n) is 5.43. The van der Waals surface area contributed by atoms with E-state index in [2.05, 4.69) is 47.5 Å². The van der Waals surface area contributed by atoms with E-state index in [-0.39, 0.29) is 11.9 Å². The fourth-order valence-corrected chi connectivity index (χ4v) is 4.03. The molecule has 5 heteroatoms. The molecule has 3 heterocycles. The molecule has 27 heavy (non-hydrogen) atoms. The summed E-state index contributed by atoms with van der Waals surface area (Å²) in [6, 6.07) is 14.7. The van der Waals surface area contributed by atoms with Crippen LogP contribution in [-0.2, 0) is 13.1 Å². The van der Waals surface area contributed by atoms with E-state index in [1.165, 1.54) is 5.56 Å². The van der Waals surface area contributed by atoms with E-state index in [0.717, 1.165) is 55.9 Å². The predicted molar refractivity (Wildman–Crippen MR) is 107 cm³/mol. The summed E-state index contributed by atoms with van der Waals surface area (Å²) in [5.41, 5.74) is 3.83. The highest BCUT2D eigenvalue weighted by Gasteiger charge is 2.23. The van der Waals surface area contributed by atoms with Gasteiger partial charge in [0, 0.05) is 44.4 Å². The van der Waals surface area contributed by atoms with Crippen LogP contribution in [0.15, 0.2) is 46.9 Å². The van der Waals surface area contributed by atoms with Gasteiger partial charge < -0.3 is 14.3 Å². The Bertz CT molecular complexity index is 918. The molecule has 1 amide bonds. The van der Waals surface area contributed by atoms with E-state index in [1.807, 2.05) is 23.6 Å². The molecular weight excluding hydrogens is 338 g/mol. The van der Waals surface area contributed by atoms with Crippen LogP contribution in [0.2, 0.25) is 0 Å². The van der Waals surface area contributed by atoms with E-state index in [0.29, 0.717) is 5.69 Å². The number of rotatable bonds is 5. The van der Waals surface area contributed by atoms with Gasteiger partial charge in [-0.3, -0.25) is 9.69 Å². The van der Waals surface area contributed by atoms with Gasteiger partial charge in [0.2, 0.25) is 0 Å². The molecule has 142 valence electrons. The monoisotopic (exact) mass is 365 g/mol. The Morgan fingerprint density at radius 3 is 2.63 bits per heavy atom. The zero-order valence-electron chi connectivity index (χ0n) is 16.1. The van der Waals surface area contributed by atoms with Gasteiger partial charge in [-0.2, -0.15) is 0 Å². The maximum Gasteiger partial charge on any atom is 0.268 e. The summed E-state index contributed by atoms with van der Waals surface area (Å²) in [6.07, 6.45) is 1.97. The summed E-state index contributed by atoms with van der Waals surface area (Å²) in [6.45, 7) is 7.74. The highest BCUT2D eigenvalue weighted by Crippen LogP contribution is 2.24. The van der Waals surface area contributed by atoms with Crippen LogP contribution in [0.4, 0.5) is 0 Å². The molecule has 1 fully saturated rings. The number of likely N-dealkylation sites (tertiary alicyclic amines) is 1. The van der Waals surface area contributed by atoms with Crippen LogP contribution in [0.1, 0.15) is 41.6 Å². The second-order valence-electron chi connectivity index (χ2n) is 7.39. The van der Waals surface area contributed by atoms with Crippen molar-refractivity contribution in [3.63, 3.8) is 0 Å². The number of hydrogen-bond acceptors (Lipinski definition) is 3. The van der Waals surface area contributed by atoms with Gasteiger partial charge in [-0.25, -0.2) is 0 Å². The van der Waals surface area contributed by atoms with Gasteiger partial charge in [0.05, 0.1) is 5.52 Å². The smallest absolute Gasteiger partial charge is 0.268 e. The number of nitrogens with one attached hydrogen (secondary N) is 1. The molecule has 3 aromatic rings. The van der Waals surface area contributed by atoms with Gasteiger partial charge in [0.15, 0.2) is 5.58 Å². The summed E-state index contributed by atoms with van der Waals surface area (Å²) < 4.78 is 7.73. The number of aryl methyl sites for hydroxylation is 2. The number of furan rings is 1. The third-order valence-corrected chi connectivity index (χ3v) is 5.43. The highest BCUT2D eigenvalue weighted by molar-refractivity contribution is 5.97. The highest BCUT2D eigenvalue weighted by atomic mass is 16.3. The van der Waals surface area contributed by atoms with E-state index in [4.69, 9.17) is 4.42 Å². The Hall–Kier alpha value is -2.53. The first-order chi connectivity index (χ1) is 13.1. The first-order valence-corrected chi connectivity index (χ1v) is 9.81. The van der Waals surface area contributed by atoms with E-state index < -0.39 is 0 Å². The molecule has 0 atom stereocenters. The molecule has 1 saturated heterocycles. The number of carbonyl (C=O) groups excluding carboxylic acids is 1. The molecule has 2 aromatic heterocycles. The SMILES string of the molecule is CCn1c(C(=O)NC2CCN(Cc3ccccc3)CC2)cc2oc(C)cc21. The molecule has 0 bridgehead atoms. The zero-order chi connectivity index (χ0) is 18.8. The van der Waals surface area contributed by atoms with Gasteiger partial charge in [-0.15, -0.1) is 0 Å². The molecule has 5 nitrogen and oxygen atoms in total. The van der Waals surface area contributed by atoms with Crippen LogP contribution in [0.25, 0.3) is 11.1 Å². The van der Waals surface area contributed by atoms with E-state index in [1.54, 1.807) is 0 Å². The lowest BCUT2D eigenvalue weighted by Gasteiger charge is -2.32. The Kier molecular flexibility index (Phi) is 5.03. The number of nitrogens with zero attached hydrogens (tertiary/aromatic N) is 2. The van der Waals surface area contributed by atoms with Crippen LogP contribution >= 0.6 is 0 Å². The fraction of sp³-hybridized carbons (Fsp3) is 0.409. The second-order valence-corrected chi connectivity index (χ2v) is 7.39. The van der Waals surface area contributed by atoms with Crippen molar-refractivity contribution in [1.82, 2.24) is 14.8 Å². The first-order valence-electron chi connectivity index (χ1n) is 9.81. The van der Waals surface area contributed by atoms with Crippen molar-refractivity contribution in [2.45, 2.75) is 45.8 Å². The van der Waals surface area contributed by atoms with Gasteiger partial charge >= 0.3 is 0 Å². The Morgan fingerprint density at radius 2 is 1.93 bits per heavy atom. The minimum atomic E-state index is 0.00223. The van der Waals surface area contributed by atoms with Crippen LogP contribution in [0, 0.1) is 6.92 Å². The number of piperidine rings is 1. The van der Waals surface area contributed by atoms with Crippen molar-refractivity contribution in [1.29, 1.82) is 0 Å². The summed E-state index contributed by atoms with van der Waals surface area (Å²) in [5, 5.41) is 3.23. The Balaban J connectivity index is 1.36. The van der Waals surface area contributed by atoms with Crippen molar-refractivity contribution in [2.75, 3.05) is 13.1 Å². The van der Waals surface area contributed by atoms with Crippen LogP contribution in [0.5, 0.6) is 0 Å². The molecule has 1 aliphatic heterocycles. The fourth-order valence-electron chi connectivity index (χ4n) is 4.03. The van der Waals surface area contributed by atoms with Crippen molar-refractivity contribution >= 4 is 17.0 Å². The normalized spacial score (nSPS) is 16.1. The zero-order valence-corrected chi connectivity index (χ0v) is 16.1. The summed E-state index contributed by atoms with van der Waals surface area (Å²) in [4.78, 5) is 15.3. The third kappa shape index (κ3) is 3.78. The summed E-state index contributed by atoms with van der Waals surface area (Å²) in [7, 11) is 0. The van der Waals surface area contributed by atoms with Gasteiger partial charge in [0.25, 0.3) is 5.91 Å². The summed E-state index contributed by atoms with van der Waals surface area (Å²) >= 11 is 0. The molecule has 0 spiro atoms. The lowest BCUT2D eigenvalue weighted by molar-refractivity contribution is 0.0900. The van der Waals surface area contributed by atoms with E-state index in [9.17, 15) is 4.79 Å². The number of hydrogen-bond donors (Lipinski definition) is 1. The molecule has 0 radical (unpaired) electrons. The molecule has 1 aromatic carbocycles. The van der Waals surface area contributed by atoms with Gasteiger partial charge in [0.1, 0.15) is 11.5 Å². The lowest BCUT2D eigenvalue weighted by Crippen LogP contribution is -2.44. The molecule has 0 saturated carbocycles. The Morgan fingerprint density at radius 1 is 1.19 bits per heavy atom. The minimum Gasteiger partial charge on any atom is -0.460 e. The standard InChI is InChI=1S/C22H27N3O2/c1-3-25-19-13-16(2)27-21(19)14-20(25)22(26)23-18-9-11-24(12-10-18)15-17-7-5-4-6-8-17/h4-8,13-14,18H,3,9-12,15H2,1-2H3,(H,23,26). The molecular formula is C22H27N3O2. The van der Waals surface area contributed by atoms with Crippen molar-refractivity contribution in [3.8, 4) is 0 Å². The topological polar surface area (TPSA) is 50.4 Å². The van der Waals surface area contributed by atoms with Gasteiger partial charge in [-0.05, 0) is 32.3 Å². The molecule has 0 aliphatic carbocycles. The molecule has 1 N–H and O–H groups in total. The molecule has 1 aliphatic rings. The maximum absolute atomic E-state index is 12.8. The number of carbonyl (C=O) groups is 1. The number of amides is 1. The van der Waals surface area contributed by atoms with Crippen molar-refractivity contribution in [2.24, 2.45) is 0 Å². The van der Waals surface area contributed by atoms with Crippen LogP contribution in [-0.4, -0.2) is 34.5 Å².